The molecule has 0 aliphatic heterocycles. The Balaban J connectivity index is 2.73. The summed E-state index contributed by atoms with van der Waals surface area (Å²) in [4.78, 5) is 25.6. The number of nitrogens with one attached hydrogen (secondary N) is 3. The van der Waals surface area contributed by atoms with Gasteiger partial charge >= 0.3 is 0 Å². The van der Waals surface area contributed by atoms with Crippen molar-refractivity contribution in [3.05, 3.63) is 35.4 Å². The minimum Gasteiger partial charge on any atom is -0.349 e. The highest BCUT2D eigenvalue weighted by Crippen LogP contribution is 2.23. The fourth-order valence-electron chi connectivity index (χ4n) is 3.09. The Labute approximate surface area is 164 Å². The minimum absolute atomic E-state index is 0.0145. The molecule has 0 aliphatic carbocycles. The lowest BCUT2D eigenvalue weighted by molar-refractivity contribution is -0.881. The number of hydrogen-bond donors (Lipinski definition) is 3. The molecule has 0 heterocycles. The van der Waals surface area contributed by atoms with Gasteiger partial charge in [-0.2, -0.15) is 0 Å². The molecule has 2 amide bonds. The van der Waals surface area contributed by atoms with Gasteiger partial charge in [0.1, 0.15) is 0 Å². The van der Waals surface area contributed by atoms with Crippen molar-refractivity contribution in [2.45, 2.75) is 66.5 Å². The molecular weight excluding hydrogens is 338 g/mol. The summed E-state index contributed by atoms with van der Waals surface area (Å²) in [5, 5.41) is 6.06. The maximum Gasteiger partial charge on any atom is 0.275 e. The van der Waals surface area contributed by atoms with Crippen molar-refractivity contribution >= 4 is 11.8 Å². The van der Waals surface area contributed by atoms with Crippen LogP contribution in [0.4, 0.5) is 0 Å². The SMILES string of the molecule is CC[NH+](CC(=O)NC(C)C)CC(=O)N[C@@H](c1ccc(C(C)C)cc1)C(C)C. The molecule has 152 valence electrons. The van der Waals surface area contributed by atoms with Crippen LogP contribution in [0.5, 0.6) is 0 Å². The molecule has 5 nitrogen and oxygen atoms in total. The molecule has 1 unspecified atom stereocenters. The van der Waals surface area contributed by atoms with E-state index in [1.54, 1.807) is 0 Å². The first-order chi connectivity index (χ1) is 12.6. The van der Waals surface area contributed by atoms with Gasteiger partial charge < -0.3 is 15.5 Å². The standard InChI is InChI=1S/C22H37N3O2/c1-8-25(13-20(26)23-17(6)7)14-21(27)24-22(16(4)5)19-11-9-18(10-12-19)15(2)3/h9-12,15-17,22H,8,13-14H2,1-7H3,(H,23,26)(H,24,27)/p+1/t22-/m1/s1. The van der Waals surface area contributed by atoms with E-state index in [0.717, 1.165) is 17.0 Å². The lowest BCUT2D eigenvalue weighted by Crippen LogP contribution is -3.14. The van der Waals surface area contributed by atoms with Crippen LogP contribution in [-0.2, 0) is 9.59 Å². The lowest BCUT2D eigenvalue weighted by atomic mass is 9.93. The number of hydrogen-bond acceptors (Lipinski definition) is 2. The monoisotopic (exact) mass is 376 g/mol. The molecule has 3 N–H and O–H groups in total. The van der Waals surface area contributed by atoms with E-state index in [2.05, 4.69) is 62.6 Å². The van der Waals surface area contributed by atoms with E-state index >= 15 is 0 Å². The summed E-state index contributed by atoms with van der Waals surface area (Å²) in [6, 6.07) is 8.59. The molecule has 1 aromatic rings. The van der Waals surface area contributed by atoms with Gasteiger partial charge in [-0.25, -0.2) is 0 Å². The predicted molar refractivity (Wildman–Crippen MR) is 111 cm³/mol. The van der Waals surface area contributed by atoms with Crippen LogP contribution in [0.2, 0.25) is 0 Å². The van der Waals surface area contributed by atoms with Gasteiger partial charge in [-0.05, 0) is 43.7 Å². The molecule has 0 fully saturated rings. The molecule has 27 heavy (non-hydrogen) atoms. The van der Waals surface area contributed by atoms with Crippen LogP contribution in [0.25, 0.3) is 0 Å². The fourth-order valence-corrected chi connectivity index (χ4v) is 3.09. The highest BCUT2D eigenvalue weighted by atomic mass is 16.2. The summed E-state index contributed by atoms with van der Waals surface area (Å²) in [6.45, 7) is 15.8. The molecule has 0 saturated carbocycles. The van der Waals surface area contributed by atoms with Gasteiger partial charge in [0, 0.05) is 6.04 Å². The average Bonchev–Trinajstić information content (AvgIpc) is 2.58. The van der Waals surface area contributed by atoms with E-state index in [4.69, 9.17) is 0 Å². The Morgan fingerprint density at radius 2 is 1.33 bits per heavy atom. The van der Waals surface area contributed by atoms with Gasteiger partial charge in [-0.3, -0.25) is 9.59 Å². The van der Waals surface area contributed by atoms with Crippen LogP contribution in [-0.4, -0.2) is 37.5 Å². The van der Waals surface area contributed by atoms with Crippen molar-refractivity contribution in [3.8, 4) is 0 Å². The van der Waals surface area contributed by atoms with Gasteiger partial charge in [0.15, 0.2) is 13.1 Å². The van der Waals surface area contributed by atoms with Crippen LogP contribution >= 0.6 is 0 Å². The second-order valence-electron chi connectivity index (χ2n) is 8.29. The van der Waals surface area contributed by atoms with E-state index < -0.39 is 0 Å². The summed E-state index contributed by atoms with van der Waals surface area (Å²) in [6.07, 6.45) is 0. The summed E-state index contributed by atoms with van der Waals surface area (Å²) in [5.74, 6) is 0.744. The Kier molecular flexibility index (Phi) is 9.50. The van der Waals surface area contributed by atoms with Crippen LogP contribution in [0, 0.1) is 5.92 Å². The van der Waals surface area contributed by atoms with Crippen molar-refractivity contribution in [2.24, 2.45) is 5.92 Å². The Morgan fingerprint density at radius 1 is 0.852 bits per heavy atom. The average molecular weight is 377 g/mol. The number of carbonyl (C=O) groups excluding carboxylic acids is 2. The van der Waals surface area contributed by atoms with Gasteiger partial charge in [0.05, 0.1) is 12.6 Å². The van der Waals surface area contributed by atoms with E-state index in [9.17, 15) is 9.59 Å². The van der Waals surface area contributed by atoms with Gasteiger partial charge in [0.2, 0.25) is 0 Å². The number of quaternary nitrogens is 1. The van der Waals surface area contributed by atoms with Crippen molar-refractivity contribution < 1.29 is 14.5 Å². The Hall–Kier alpha value is -1.88. The maximum atomic E-state index is 12.6. The van der Waals surface area contributed by atoms with Crippen molar-refractivity contribution in [1.82, 2.24) is 10.6 Å². The topological polar surface area (TPSA) is 62.6 Å². The predicted octanol–water partition coefficient (Wildman–Crippen LogP) is 2.05. The van der Waals surface area contributed by atoms with Crippen molar-refractivity contribution in [2.75, 3.05) is 19.6 Å². The number of likely N-dealkylation sites (N-methyl/N-ethyl adjacent to an activating group) is 1. The Bertz CT molecular complexity index is 594. The molecule has 0 radical (unpaired) electrons. The normalized spacial score (nSPS) is 13.7. The summed E-state index contributed by atoms with van der Waals surface area (Å²) in [7, 11) is 0. The second-order valence-corrected chi connectivity index (χ2v) is 8.29. The first-order valence-electron chi connectivity index (χ1n) is 10.2. The van der Waals surface area contributed by atoms with Gasteiger partial charge in [0.25, 0.3) is 11.8 Å². The zero-order valence-corrected chi connectivity index (χ0v) is 18.1. The molecule has 1 rings (SSSR count). The van der Waals surface area contributed by atoms with Crippen molar-refractivity contribution in [3.63, 3.8) is 0 Å². The fraction of sp³-hybridized carbons (Fsp3) is 0.636. The minimum atomic E-state index is -0.0266. The van der Waals surface area contributed by atoms with E-state index in [0.29, 0.717) is 19.0 Å². The zero-order chi connectivity index (χ0) is 20.6. The van der Waals surface area contributed by atoms with Crippen LogP contribution in [0.3, 0.4) is 0 Å². The molecule has 0 bridgehead atoms. The first-order valence-corrected chi connectivity index (χ1v) is 10.2. The van der Waals surface area contributed by atoms with Gasteiger partial charge in [-0.15, -0.1) is 0 Å². The Morgan fingerprint density at radius 3 is 1.74 bits per heavy atom. The van der Waals surface area contributed by atoms with Crippen LogP contribution in [0.15, 0.2) is 24.3 Å². The smallest absolute Gasteiger partial charge is 0.275 e. The highest BCUT2D eigenvalue weighted by molar-refractivity contribution is 5.79. The third-order valence-electron chi connectivity index (χ3n) is 4.72. The highest BCUT2D eigenvalue weighted by Gasteiger charge is 2.22. The summed E-state index contributed by atoms with van der Waals surface area (Å²) >= 11 is 0. The molecule has 0 aromatic heterocycles. The largest absolute Gasteiger partial charge is 0.349 e. The van der Waals surface area contributed by atoms with E-state index in [1.165, 1.54) is 5.56 Å². The van der Waals surface area contributed by atoms with Crippen LogP contribution in [0.1, 0.15) is 71.6 Å². The summed E-state index contributed by atoms with van der Waals surface area (Å²) < 4.78 is 0. The van der Waals surface area contributed by atoms with Crippen LogP contribution < -0.4 is 15.5 Å². The maximum absolute atomic E-state index is 12.6. The molecule has 5 heteroatoms. The molecule has 0 saturated heterocycles. The van der Waals surface area contributed by atoms with E-state index in [1.807, 2.05) is 20.8 Å². The number of benzene rings is 1. The molecule has 0 aliphatic rings. The zero-order valence-electron chi connectivity index (χ0n) is 18.1. The molecule has 0 spiro atoms. The first kappa shape index (κ1) is 23.2. The molecular formula is C22H38N3O2+. The third-order valence-corrected chi connectivity index (χ3v) is 4.72. The number of amides is 2. The van der Waals surface area contributed by atoms with Crippen molar-refractivity contribution in [1.29, 1.82) is 0 Å². The van der Waals surface area contributed by atoms with Gasteiger partial charge in [-0.1, -0.05) is 52.0 Å². The number of rotatable bonds is 10. The summed E-state index contributed by atoms with van der Waals surface area (Å²) in [5.41, 5.74) is 2.42. The third kappa shape index (κ3) is 8.12. The quantitative estimate of drug-likeness (QED) is 0.585. The number of carbonyl (C=O) groups is 2. The molecule has 1 aromatic carbocycles. The second kappa shape index (κ2) is 11.1. The molecule has 2 atom stereocenters. The lowest BCUT2D eigenvalue weighted by Gasteiger charge is -2.25. The van der Waals surface area contributed by atoms with E-state index in [-0.39, 0.29) is 29.8 Å².